The molecule has 2 heterocycles. The lowest BCUT2D eigenvalue weighted by molar-refractivity contribution is 0.452. The highest BCUT2D eigenvalue weighted by Crippen LogP contribution is 2.25. The molecule has 0 bridgehead atoms. The van der Waals surface area contributed by atoms with Crippen molar-refractivity contribution in [2.75, 3.05) is 5.73 Å². The maximum absolute atomic E-state index is 13.1. The Kier molecular flexibility index (Phi) is 2.04. The fourth-order valence-corrected chi connectivity index (χ4v) is 1.68. The number of rotatable bonds is 1. The number of anilines is 1. The molecule has 5 heteroatoms. The van der Waals surface area contributed by atoms with Gasteiger partial charge in [-0.15, -0.1) is 0 Å². The quantitative estimate of drug-likeness (QED) is 0.696. The number of nitrogen functional groups attached to an aromatic ring is 1. The van der Waals surface area contributed by atoms with Crippen molar-refractivity contribution in [1.82, 2.24) is 10.1 Å². The molecule has 3 rings (SSSR count). The lowest BCUT2D eigenvalue weighted by atomic mass is 10.1. The van der Waals surface area contributed by atoms with Crippen LogP contribution >= 0.6 is 0 Å². The fourth-order valence-electron chi connectivity index (χ4n) is 1.68. The average Bonchev–Trinajstić information content (AvgIpc) is 2.71. The monoisotopic (exact) mass is 229 g/mol. The third-order valence-corrected chi connectivity index (χ3v) is 2.52. The molecule has 0 aliphatic carbocycles. The summed E-state index contributed by atoms with van der Waals surface area (Å²) in [6, 6.07) is 8.06. The minimum atomic E-state index is -0.291. The molecule has 0 aliphatic heterocycles. The summed E-state index contributed by atoms with van der Waals surface area (Å²) in [5, 5.41) is 4.25. The Hall–Kier alpha value is -2.43. The molecule has 4 nitrogen and oxygen atoms in total. The number of hydrogen-bond donors (Lipinski definition) is 1. The van der Waals surface area contributed by atoms with Crippen molar-refractivity contribution in [2.24, 2.45) is 0 Å². The molecule has 0 radical (unpaired) electrons. The highest BCUT2D eigenvalue weighted by atomic mass is 19.1. The maximum Gasteiger partial charge on any atom is 0.259 e. The molecule has 2 N–H and O–H groups in total. The van der Waals surface area contributed by atoms with E-state index in [1.54, 1.807) is 24.4 Å². The fraction of sp³-hybridized carbons (Fsp3) is 0. The Bertz CT molecular complexity index is 693. The van der Waals surface area contributed by atoms with E-state index in [2.05, 4.69) is 10.1 Å². The molecule has 0 amide bonds. The molecule has 17 heavy (non-hydrogen) atoms. The third kappa shape index (κ3) is 1.61. The van der Waals surface area contributed by atoms with Crippen LogP contribution in [0.5, 0.6) is 0 Å². The van der Waals surface area contributed by atoms with Crippen molar-refractivity contribution in [3.63, 3.8) is 0 Å². The lowest BCUT2D eigenvalue weighted by Gasteiger charge is -2.00. The molecule has 1 aromatic carbocycles. The van der Waals surface area contributed by atoms with Crippen LogP contribution in [0.2, 0.25) is 0 Å². The van der Waals surface area contributed by atoms with Crippen molar-refractivity contribution in [1.29, 1.82) is 0 Å². The van der Waals surface area contributed by atoms with E-state index in [0.717, 1.165) is 11.1 Å². The molecule has 0 aliphatic rings. The summed E-state index contributed by atoms with van der Waals surface area (Å²) in [4.78, 5) is 4.08. The first-order valence-corrected chi connectivity index (χ1v) is 5.01. The van der Waals surface area contributed by atoms with Gasteiger partial charge in [-0.3, -0.25) is 0 Å². The first-order valence-electron chi connectivity index (χ1n) is 5.01. The smallest absolute Gasteiger partial charge is 0.259 e. The van der Waals surface area contributed by atoms with Crippen LogP contribution in [-0.4, -0.2) is 10.1 Å². The van der Waals surface area contributed by atoms with Gasteiger partial charge in [0, 0.05) is 11.8 Å². The molecule has 84 valence electrons. The summed E-state index contributed by atoms with van der Waals surface area (Å²) in [5.41, 5.74) is 7.52. The van der Waals surface area contributed by atoms with Crippen LogP contribution in [0.15, 0.2) is 41.1 Å². The Morgan fingerprint density at radius 1 is 1.18 bits per heavy atom. The number of nitrogens with two attached hydrogens (primary N) is 1. The molecular formula is C12H8FN3O. The number of benzene rings is 1. The highest BCUT2D eigenvalue weighted by molar-refractivity contribution is 5.87. The van der Waals surface area contributed by atoms with E-state index < -0.39 is 0 Å². The number of hydrogen-bond acceptors (Lipinski definition) is 4. The molecule has 0 saturated heterocycles. The second kappa shape index (κ2) is 3.55. The first kappa shape index (κ1) is 9.77. The number of pyridine rings is 1. The standard InChI is InChI=1S/C12H8FN3O/c13-9-3-1-2-7(4-9)8-5-10-11(14)16-17-12(10)15-6-8/h1-6H,(H2,14,16). The van der Waals surface area contributed by atoms with E-state index >= 15 is 0 Å². The summed E-state index contributed by atoms with van der Waals surface area (Å²) in [7, 11) is 0. The minimum Gasteiger partial charge on any atom is -0.380 e. The zero-order chi connectivity index (χ0) is 11.8. The summed E-state index contributed by atoms with van der Waals surface area (Å²) in [6.07, 6.45) is 1.60. The zero-order valence-electron chi connectivity index (χ0n) is 8.72. The number of fused-ring (bicyclic) bond motifs is 1. The lowest BCUT2D eigenvalue weighted by Crippen LogP contribution is -1.86. The van der Waals surface area contributed by atoms with Crippen LogP contribution in [0.25, 0.3) is 22.2 Å². The molecule has 3 aromatic rings. The number of nitrogens with zero attached hydrogens (tertiary/aromatic N) is 2. The average molecular weight is 229 g/mol. The van der Waals surface area contributed by atoms with Gasteiger partial charge in [-0.2, -0.15) is 0 Å². The highest BCUT2D eigenvalue weighted by Gasteiger charge is 2.08. The number of aromatic nitrogens is 2. The second-order valence-electron chi connectivity index (χ2n) is 3.65. The predicted molar refractivity (Wildman–Crippen MR) is 61.6 cm³/mol. The van der Waals surface area contributed by atoms with E-state index in [1.807, 2.05) is 0 Å². The summed E-state index contributed by atoms with van der Waals surface area (Å²) < 4.78 is 18.0. The van der Waals surface area contributed by atoms with Crippen LogP contribution in [-0.2, 0) is 0 Å². The van der Waals surface area contributed by atoms with Crippen molar-refractivity contribution in [3.8, 4) is 11.1 Å². The molecule has 0 spiro atoms. The molecule has 2 aromatic heterocycles. The van der Waals surface area contributed by atoms with Gasteiger partial charge in [-0.05, 0) is 23.8 Å². The maximum atomic E-state index is 13.1. The summed E-state index contributed by atoms with van der Waals surface area (Å²) >= 11 is 0. The Labute approximate surface area is 95.9 Å². The van der Waals surface area contributed by atoms with Gasteiger partial charge in [-0.25, -0.2) is 9.37 Å². The van der Waals surface area contributed by atoms with E-state index in [4.69, 9.17) is 10.3 Å². The molecule has 0 saturated carbocycles. The van der Waals surface area contributed by atoms with E-state index in [1.165, 1.54) is 12.1 Å². The summed E-state index contributed by atoms with van der Waals surface area (Å²) in [5.74, 6) is -0.00774. The van der Waals surface area contributed by atoms with Crippen LogP contribution in [0.3, 0.4) is 0 Å². The number of halogens is 1. The van der Waals surface area contributed by atoms with Crippen molar-refractivity contribution in [2.45, 2.75) is 0 Å². The Balaban J connectivity index is 2.20. The van der Waals surface area contributed by atoms with E-state index in [9.17, 15) is 4.39 Å². The molecule has 0 fully saturated rings. The normalized spacial score (nSPS) is 10.9. The van der Waals surface area contributed by atoms with Crippen LogP contribution in [0.4, 0.5) is 10.2 Å². The molecule has 0 atom stereocenters. The topological polar surface area (TPSA) is 64.9 Å². The van der Waals surface area contributed by atoms with Gasteiger partial charge in [-0.1, -0.05) is 17.3 Å². The van der Waals surface area contributed by atoms with Crippen LogP contribution in [0.1, 0.15) is 0 Å². The summed E-state index contributed by atoms with van der Waals surface area (Å²) in [6.45, 7) is 0. The van der Waals surface area contributed by atoms with Crippen molar-refractivity contribution < 1.29 is 8.91 Å². The predicted octanol–water partition coefficient (Wildman–Crippen LogP) is 2.61. The van der Waals surface area contributed by atoms with Gasteiger partial charge in [0.05, 0.1) is 5.39 Å². The van der Waals surface area contributed by atoms with Gasteiger partial charge >= 0.3 is 0 Å². The van der Waals surface area contributed by atoms with Crippen LogP contribution < -0.4 is 5.73 Å². The van der Waals surface area contributed by atoms with E-state index in [0.29, 0.717) is 11.1 Å². The van der Waals surface area contributed by atoms with Crippen molar-refractivity contribution in [3.05, 3.63) is 42.3 Å². The first-order chi connectivity index (χ1) is 8.24. The SMILES string of the molecule is Nc1noc2ncc(-c3cccc(F)c3)cc12. The van der Waals surface area contributed by atoms with Gasteiger partial charge in [0.25, 0.3) is 5.71 Å². The van der Waals surface area contributed by atoms with E-state index in [-0.39, 0.29) is 11.6 Å². The Morgan fingerprint density at radius 2 is 2.06 bits per heavy atom. The Morgan fingerprint density at radius 3 is 2.88 bits per heavy atom. The second-order valence-corrected chi connectivity index (χ2v) is 3.65. The molecule has 0 unspecified atom stereocenters. The van der Waals surface area contributed by atoms with Gasteiger partial charge in [0.15, 0.2) is 5.82 Å². The van der Waals surface area contributed by atoms with Crippen molar-refractivity contribution >= 4 is 16.9 Å². The largest absolute Gasteiger partial charge is 0.380 e. The van der Waals surface area contributed by atoms with Gasteiger partial charge in [0.1, 0.15) is 5.82 Å². The van der Waals surface area contributed by atoms with Crippen LogP contribution in [0, 0.1) is 5.82 Å². The zero-order valence-corrected chi connectivity index (χ0v) is 8.72. The third-order valence-electron chi connectivity index (χ3n) is 2.52. The van der Waals surface area contributed by atoms with Gasteiger partial charge < -0.3 is 10.3 Å². The minimum absolute atomic E-state index is 0.283. The van der Waals surface area contributed by atoms with Gasteiger partial charge in [0.2, 0.25) is 0 Å². The molecular weight excluding hydrogens is 221 g/mol.